The first-order valence-corrected chi connectivity index (χ1v) is 13.9. The average Bonchev–Trinajstić information content (AvgIpc) is 3.46. The van der Waals surface area contributed by atoms with Crippen LogP contribution in [0, 0.1) is 11.3 Å². The lowest BCUT2D eigenvalue weighted by atomic mass is 10.0. The summed E-state index contributed by atoms with van der Waals surface area (Å²) in [5.74, 6) is -0.909. The number of carbonyl (C=O) groups is 3. The minimum Gasteiger partial charge on any atom is -0.448 e. The number of fused-ring (bicyclic) bond motifs is 1. The first-order valence-electron chi connectivity index (χ1n) is 11.9. The summed E-state index contributed by atoms with van der Waals surface area (Å²) in [4.78, 5) is 41.9. The highest BCUT2D eigenvalue weighted by Gasteiger charge is 2.54. The molecule has 9 heteroatoms. The van der Waals surface area contributed by atoms with Gasteiger partial charge in [0, 0.05) is 16.7 Å². The van der Waals surface area contributed by atoms with Gasteiger partial charge in [0.1, 0.15) is 17.1 Å². The van der Waals surface area contributed by atoms with Crippen LogP contribution in [0.15, 0.2) is 102 Å². The smallest absolute Gasteiger partial charge is 0.356 e. The minimum atomic E-state index is -0.740. The number of hydrogen-bond acceptors (Lipinski definition) is 7. The van der Waals surface area contributed by atoms with Gasteiger partial charge < -0.3 is 10.1 Å². The number of thiophene rings is 1. The van der Waals surface area contributed by atoms with Gasteiger partial charge in [0.15, 0.2) is 6.10 Å². The highest BCUT2D eigenvalue weighted by molar-refractivity contribution is 8.00. The Balaban J connectivity index is 1.40. The summed E-state index contributed by atoms with van der Waals surface area (Å²) < 4.78 is 6.06. The Morgan fingerprint density at radius 2 is 1.76 bits per heavy atom. The molecule has 190 valence electrons. The van der Waals surface area contributed by atoms with Crippen LogP contribution in [0.3, 0.4) is 0 Å². The molecule has 2 aliphatic rings. The SMILES string of the molecule is N#C/C=C\C1=C(C(=O)OC(c2ccccc2)c2ccccc2)N2C(=O)[C@@H](NC(=O)Cc3cccs3)[C@H]2SC1. The molecule has 0 aliphatic carbocycles. The second kappa shape index (κ2) is 11.5. The fourth-order valence-corrected chi connectivity index (χ4v) is 6.46. The molecule has 0 radical (unpaired) electrons. The number of nitriles is 1. The van der Waals surface area contributed by atoms with E-state index in [2.05, 4.69) is 5.32 Å². The number of nitrogens with zero attached hydrogens (tertiary/aromatic N) is 2. The summed E-state index contributed by atoms with van der Waals surface area (Å²) in [7, 11) is 0. The molecule has 1 N–H and O–H groups in total. The second-order valence-electron chi connectivity index (χ2n) is 8.65. The third kappa shape index (κ3) is 5.28. The summed E-state index contributed by atoms with van der Waals surface area (Å²) in [6, 6.07) is 23.7. The molecule has 2 atom stereocenters. The molecule has 3 aromatic rings. The van der Waals surface area contributed by atoms with Crippen molar-refractivity contribution >= 4 is 40.9 Å². The second-order valence-corrected chi connectivity index (χ2v) is 10.8. The van der Waals surface area contributed by atoms with Crippen LogP contribution in [0.25, 0.3) is 0 Å². The van der Waals surface area contributed by atoms with E-state index in [-0.39, 0.29) is 23.9 Å². The normalized spacial score (nSPS) is 18.6. The standard InChI is InChI=1S/C29H23N3O4S2/c30-15-7-13-21-18-38-28-24(31-23(33)17-22-14-8-16-37-22)27(34)32(28)25(21)29(35)36-26(19-9-3-1-4-10-19)20-11-5-2-6-12-20/h1-14,16,24,26,28H,17-18H2,(H,31,33)/b13-7-/t24-,28-/m1/s1. The highest BCUT2D eigenvalue weighted by atomic mass is 32.2. The molecule has 1 saturated heterocycles. The van der Waals surface area contributed by atoms with E-state index >= 15 is 0 Å². The van der Waals surface area contributed by atoms with Crippen molar-refractivity contribution in [3.05, 3.63) is 118 Å². The van der Waals surface area contributed by atoms with Crippen LogP contribution in [-0.4, -0.2) is 39.9 Å². The minimum absolute atomic E-state index is 0.103. The molecule has 3 heterocycles. The topological polar surface area (TPSA) is 99.5 Å². The Kier molecular flexibility index (Phi) is 7.73. The number of nitrogens with one attached hydrogen (secondary N) is 1. The molecule has 38 heavy (non-hydrogen) atoms. The maximum absolute atomic E-state index is 13.7. The molecule has 5 rings (SSSR count). The lowest BCUT2D eigenvalue weighted by Gasteiger charge is -2.49. The monoisotopic (exact) mass is 541 g/mol. The molecule has 0 saturated carbocycles. The zero-order valence-electron chi connectivity index (χ0n) is 20.2. The van der Waals surface area contributed by atoms with Crippen molar-refractivity contribution in [2.75, 3.05) is 5.75 Å². The van der Waals surface area contributed by atoms with E-state index < -0.39 is 23.5 Å². The van der Waals surface area contributed by atoms with Crippen LogP contribution in [0.5, 0.6) is 0 Å². The van der Waals surface area contributed by atoms with Crippen LogP contribution >= 0.6 is 23.1 Å². The van der Waals surface area contributed by atoms with Crippen molar-refractivity contribution in [1.29, 1.82) is 5.26 Å². The number of allylic oxidation sites excluding steroid dienone is 2. The molecule has 1 fully saturated rings. The van der Waals surface area contributed by atoms with Gasteiger partial charge >= 0.3 is 5.97 Å². The zero-order chi connectivity index (χ0) is 26.5. The quantitative estimate of drug-likeness (QED) is 0.259. The summed E-state index contributed by atoms with van der Waals surface area (Å²) >= 11 is 2.91. The van der Waals surface area contributed by atoms with Gasteiger partial charge in [-0.1, -0.05) is 66.7 Å². The molecule has 7 nitrogen and oxygen atoms in total. The number of hydrogen-bond donors (Lipinski definition) is 1. The van der Waals surface area contributed by atoms with Gasteiger partial charge in [0.25, 0.3) is 5.91 Å². The molecule has 1 aromatic heterocycles. The molecule has 2 aliphatic heterocycles. The van der Waals surface area contributed by atoms with E-state index in [9.17, 15) is 14.4 Å². The van der Waals surface area contributed by atoms with Crippen LogP contribution in [0.2, 0.25) is 0 Å². The van der Waals surface area contributed by atoms with Crippen LogP contribution < -0.4 is 5.32 Å². The number of ether oxygens (including phenoxy) is 1. The predicted molar refractivity (Wildman–Crippen MR) is 146 cm³/mol. The molecular formula is C29H23N3O4S2. The van der Waals surface area contributed by atoms with E-state index in [4.69, 9.17) is 10.00 Å². The van der Waals surface area contributed by atoms with Crippen LogP contribution in [-0.2, 0) is 25.5 Å². The highest BCUT2D eigenvalue weighted by Crippen LogP contribution is 2.42. The van der Waals surface area contributed by atoms with E-state index in [0.717, 1.165) is 16.0 Å². The van der Waals surface area contributed by atoms with Crippen molar-refractivity contribution in [3.63, 3.8) is 0 Å². The first kappa shape index (κ1) is 25.5. The molecule has 0 unspecified atom stereocenters. The molecule has 2 amide bonds. The molecule has 0 bridgehead atoms. The van der Waals surface area contributed by atoms with E-state index in [1.165, 1.54) is 40.2 Å². The number of rotatable bonds is 8. The summed E-state index contributed by atoms with van der Waals surface area (Å²) in [5, 5.41) is 13.4. The summed E-state index contributed by atoms with van der Waals surface area (Å²) in [5.41, 5.74) is 2.20. The van der Waals surface area contributed by atoms with Gasteiger partial charge in [-0.3, -0.25) is 14.5 Å². The lowest BCUT2D eigenvalue weighted by Crippen LogP contribution is -2.70. The predicted octanol–water partition coefficient (Wildman–Crippen LogP) is 4.36. The van der Waals surface area contributed by atoms with Crippen LogP contribution in [0.1, 0.15) is 22.1 Å². The third-order valence-electron chi connectivity index (χ3n) is 6.21. The number of β-lactam (4-membered cyclic amide) rings is 1. The molecule has 0 spiro atoms. The van der Waals surface area contributed by atoms with E-state index in [1.54, 1.807) is 0 Å². The third-order valence-corrected chi connectivity index (χ3v) is 8.39. The van der Waals surface area contributed by atoms with Crippen LogP contribution in [0.4, 0.5) is 0 Å². The fraction of sp³-hybridized carbons (Fsp3) is 0.172. The fourth-order valence-electron chi connectivity index (χ4n) is 4.44. The Hall–Kier alpha value is -4.13. The largest absolute Gasteiger partial charge is 0.448 e. The van der Waals surface area contributed by atoms with Crippen molar-refractivity contribution < 1.29 is 19.1 Å². The van der Waals surface area contributed by atoms with E-state index in [1.807, 2.05) is 84.2 Å². The maximum atomic E-state index is 13.7. The molecular weight excluding hydrogens is 518 g/mol. The Bertz CT molecular complexity index is 1390. The van der Waals surface area contributed by atoms with E-state index in [0.29, 0.717) is 11.3 Å². The lowest BCUT2D eigenvalue weighted by molar-refractivity contribution is -0.154. The number of carbonyl (C=O) groups excluding carboxylic acids is 3. The summed E-state index contributed by atoms with van der Waals surface area (Å²) in [6.45, 7) is 0. The summed E-state index contributed by atoms with van der Waals surface area (Å²) in [6.07, 6.45) is 2.31. The number of benzene rings is 2. The van der Waals surface area contributed by atoms with Gasteiger partial charge in [0.05, 0.1) is 12.5 Å². The maximum Gasteiger partial charge on any atom is 0.356 e. The van der Waals surface area contributed by atoms with Gasteiger partial charge in [-0.25, -0.2) is 4.79 Å². The first-order chi connectivity index (χ1) is 18.6. The number of thioether (sulfide) groups is 1. The van der Waals surface area contributed by atoms with Crippen molar-refractivity contribution in [1.82, 2.24) is 10.2 Å². The Morgan fingerprint density at radius 1 is 1.08 bits per heavy atom. The van der Waals surface area contributed by atoms with Gasteiger partial charge in [0.2, 0.25) is 5.91 Å². The van der Waals surface area contributed by atoms with Crippen molar-refractivity contribution in [2.45, 2.75) is 23.9 Å². The average molecular weight is 542 g/mol. The van der Waals surface area contributed by atoms with Gasteiger partial charge in [-0.05, 0) is 34.2 Å². The van der Waals surface area contributed by atoms with Gasteiger partial charge in [-0.15, -0.1) is 23.1 Å². The zero-order valence-corrected chi connectivity index (χ0v) is 21.8. The Labute approximate surface area is 228 Å². The van der Waals surface area contributed by atoms with Gasteiger partial charge in [-0.2, -0.15) is 5.26 Å². The molecule has 2 aromatic carbocycles. The number of amides is 2. The number of esters is 1. The Morgan fingerprint density at radius 3 is 2.37 bits per heavy atom. The van der Waals surface area contributed by atoms with Crippen molar-refractivity contribution in [3.8, 4) is 6.07 Å². The van der Waals surface area contributed by atoms with Crippen molar-refractivity contribution in [2.24, 2.45) is 0 Å².